The van der Waals surface area contributed by atoms with Crippen LogP contribution in [-0.2, 0) is 19.3 Å². The number of hydrogen-bond acceptors (Lipinski definition) is 1. The summed E-state index contributed by atoms with van der Waals surface area (Å²) in [7, 11) is 0. The predicted molar refractivity (Wildman–Crippen MR) is 53.7 cm³/mol. The van der Waals surface area contributed by atoms with Gasteiger partial charge in [-0.25, -0.2) is 0 Å². The van der Waals surface area contributed by atoms with Gasteiger partial charge in [0, 0.05) is 6.04 Å². The Balaban J connectivity index is 2.16. The molecule has 1 nitrogen and oxygen atoms in total. The Bertz CT molecular complexity index is 354. The molecule has 0 saturated heterocycles. The zero-order chi connectivity index (χ0) is 8.84. The Morgan fingerprint density at radius 1 is 1.00 bits per heavy atom. The number of aryl methyl sites for hydroxylation is 3. The van der Waals surface area contributed by atoms with Crippen molar-refractivity contribution in [1.82, 2.24) is 0 Å². The summed E-state index contributed by atoms with van der Waals surface area (Å²) < 4.78 is 0. The third-order valence-electron chi connectivity index (χ3n) is 3.48. The average molecular weight is 173 g/mol. The minimum absolute atomic E-state index is 0.320. The molecule has 0 amide bonds. The number of hydrogen-bond donors (Lipinski definition) is 1. The molecule has 1 atom stereocenters. The third-order valence-corrected chi connectivity index (χ3v) is 3.48. The van der Waals surface area contributed by atoms with E-state index in [1.165, 1.54) is 36.8 Å². The molecule has 0 spiro atoms. The summed E-state index contributed by atoms with van der Waals surface area (Å²) in [5.74, 6) is 0. The van der Waals surface area contributed by atoms with E-state index in [0.29, 0.717) is 6.04 Å². The molecular formula is C12H15N. The van der Waals surface area contributed by atoms with E-state index in [1.54, 1.807) is 11.1 Å². The summed E-state index contributed by atoms with van der Waals surface area (Å²) in [5.41, 5.74) is 12.1. The molecule has 1 aromatic rings. The number of nitrogens with two attached hydrogens (primary N) is 1. The lowest BCUT2D eigenvalue weighted by molar-refractivity contribution is 0.712. The van der Waals surface area contributed by atoms with Crippen molar-refractivity contribution in [2.45, 2.75) is 38.1 Å². The van der Waals surface area contributed by atoms with Crippen LogP contribution >= 0.6 is 0 Å². The van der Waals surface area contributed by atoms with Gasteiger partial charge in [0.15, 0.2) is 0 Å². The number of rotatable bonds is 0. The third kappa shape index (κ3) is 1.03. The minimum Gasteiger partial charge on any atom is -0.324 e. The maximum atomic E-state index is 6.04. The fourth-order valence-electron chi connectivity index (χ4n) is 2.72. The zero-order valence-corrected chi connectivity index (χ0v) is 7.84. The first kappa shape index (κ1) is 7.57. The summed E-state index contributed by atoms with van der Waals surface area (Å²) in [4.78, 5) is 0. The van der Waals surface area contributed by atoms with Crippen LogP contribution in [0.25, 0.3) is 0 Å². The van der Waals surface area contributed by atoms with Crippen LogP contribution in [0.2, 0.25) is 0 Å². The average Bonchev–Trinajstić information content (AvgIpc) is 2.70. The highest BCUT2D eigenvalue weighted by Gasteiger charge is 2.22. The van der Waals surface area contributed by atoms with Crippen LogP contribution in [0.4, 0.5) is 0 Å². The maximum Gasteiger partial charge on any atom is 0.0300 e. The van der Waals surface area contributed by atoms with E-state index < -0.39 is 0 Å². The van der Waals surface area contributed by atoms with Crippen LogP contribution in [0.5, 0.6) is 0 Å². The van der Waals surface area contributed by atoms with Gasteiger partial charge in [-0.15, -0.1) is 0 Å². The summed E-state index contributed by atoms with van der Waals surface area (Å²) >= 11 is 0. The van der Waals surface area contributed by atoms with Crippen LogP contribution in [0.1, 0.15) is 41.1 Å². The van der Waals surface area contributed by atoms with E-state index in [2.05, 4.69) is 12.1 Å². The largest absolute Gasteiger partial charge is 0.324 e. The summed E-state index contributed by atoms with van der Waals surface area (Å²) in [5, 5.41) is 0. The van der Waals surface area contributed by atoms with Gasteiger partial charge in [-0.2, -0.15) is 0 Å². The van der Waals surface area contributed by atoms with Crippen molar-refractivity contribution in [2.24, 2.45) is 5.73 Å². The molecular weight excluding hydrogens is 158 g/mol. The second-order valence-corrected chi connectivity index (χ2v) is 4.32. The molecule has 0 radical (unpaired) electrons. The van der Waals surface area contributed by atoms with Gasteiger partial charge in [0.25, 0.3) is 0 Å². The molecule has 68 valence electrons. The quantitative estimate of drug-likeness (QED) is 0.639. The second-order valence-electron chi connectivity index (χ2n) is 4.32. The van der Waals surface area contributed by atoms with Crippen molar-refractivity contribution in [3.63, 3.8) is 0 Å². The van der Waals surface area contributed by atoms with Crippen molar-refractivity contribution >= 4 is 0 Å². The molecule has 3 rings (SSSR count). The Morgan fingerprint density at radius 3 is 2.62 bits per heavy atom. The van der Waals surface area contributed by atoms with Gasteiger partial charge >= 0.3 is 0 Å². The van der Waals surface area contributed by atoms with Gasteiger partial charge in [-0.1, -0.05) is 12.1 Å². The standard InChI is InChI=1S/C12H15N/c13-12-5-4-10-6-8-2-1-3-9(8)7-11(10)12/h6-7,12H,1-5,13H2/t12-/m0/s1. The van der Waals surface area contributed by atoms with Crippen molar-refractivity contribution < 1.29 is 0 Å². The van der Waals surface area contributed by atoms with Gasteiger partial charge in [0.2, 0.25) is 0 Å². The lowest BCUT2D eigenvalue weighted by Gasteiger charge is -2.07. The molecule has 0 heterocycles. The lowest BCUT2D eigenvalue weighted by atomic mass is 10.0. The highest BCUT2D eigenvalue weighted by atomic mass is 14.6. The first-order valence-electron chi connectivity index (χ1n) is 5.25. The normalized spacial score (nSPS) is 24.5. The van der Waals surface area contributed by atoms with E-state index in [4.69, 9.17) is 5.73 Å². The highest BCUT2D eigenvalue weighted by Crippen LogP contribution is 2.34. The van der Waals surface area contributed by atoms with E-state index >= 15 is 0 Å². The Labute approximate surface area is 78.9 Å². The van der Waals surface area contributed by atoms with Crippen molar-refractivity contribution in [1.29, 1.82) is 0 Å². The second kappa shape index (κ2) is 2.58. The monoisotopic (exact) mass is 173 g/mol. The van der Waals surface area contributed by atoms with E-state index in [9.17, 15) is 0 Å². The van der Waals surface area contributed by atoms with Crippen LogP contribution in [0.3, 0.4) is 0 Å². The lowest BCUT2D eigenvalue weighted by Crippen LogP contribution is -2.05. The van der Waals surface area contributed by atoms with E-state index in [1.807, 2.05) is 0 Å². The smallest absolute Gasteiger partial charge is 0.0300 e. The van der Waals surface area contributed by atoms with Gasteiger partial charge in [-0.3, -0.25) is 0 Å². The van der Waals surface area contributed by atoms with Crippen LogP contribution in [0, 0.1) is 0 Å². The van der Waals surface area contributed by atoms with E-state index in [-0.39, 0.29) is 0 Å². The molecule has 0 unspecified atom stereocenters. The summed E-state index contributed by atoms with van der Waals surface area (Å²) in [6.07, 6.45) is 6.25. The number of benzene rings is 1. The summed E-state index contributed by atoms with van der Waals surface area (Å²) in [6.45, 7) is 0. The predicted octanol–water partition coefficient (Wildman–Crippen LogP) is 2.12. The molecule has 0 aliphatic heterocycles. The fraction of sp³-hybridized carbons (Fsp3) is 0.500. The SMILES string of the molecule is N[C@H]1CCc2cc3c(cc21)CCC3. The Kier molecular flexibility index (Phi) is 1.50. The number of fused-ring (bicyclic) bond motifs is 2. The zero-order valence-electron chi connectivity index (χ0n) is 7.84. The van der Waals surface area contributed by atoms with Crippen LogP contribution in [0.15, 0.2) is 12.1 Å². The van der Waals surface area contributed by atoms with Gasteiger partial charge < -0.3 is 5.73 Å². The van der Waals surface area contributed by atoms with Gasteiger partial charge in [0.05, 0.1) is 0 Å². The minimum atomic E-state index is 0.320. The molecule has 2 aliphatic carbocycles. The maximum absolute atomic E-state index is 6.04. The molecule has 13 heavy (non-hydrogen) atoms. The first-order valence-corrected chi connectivity index (χ1v) is 5.25. The molecule has 2 N–H and O–H groups in total. The van der Waals surface area contributed by atoms with Crippen molar-refractivity contribution in [3.8, 4) is 0 Å². The molecule has 0 aromatic heterocycles. The molecule has 1 heteroatoms. The van der Waals surface area contributed by atoms with Gasteiger partial charge in [0.1, 0.15) is 0 Å². The molecule has 1 aromatic carbocycles. The molecule has 2 aliphatic rings. The molecule has 0 fully saturated rings. The molecule has 0 bridgehead atoms. The van der Waals surface area contributed by atoms with Gasteiger partial charge in [-0.05, 0) is 54.4 Å². The molecule has 0 saturated carbocycles. The van der Waals surface area contributed by atoms with E-state index in [0.717, 1.165) is 6.42 Å². The van der Waals surface area contributed by atoms with Crippen LogP contribution < -0.4 is 5.73 Å². The summed E-state index contributed by atoms with van der Waals surface area (Å²) in [6, 6.07) is 5.10. The Morgan fingerprint density at radius 2 is 1.77 bits per heavy atom. The first-order chi connectivity index (χ1) is 6.34. The van der Waals surface area contributed by atoms with Crippen molar-refractivity contribution in [2.75, 3.05) is 0 Å². The highest BCUT2D eigenvalue weighted by molar-refractivity contribution is 5.44. The topological polar surface area (TPSA) is 26.0 Å². The van der Waals surface area contributed by atoms with Crippen molar-refractivity contribution in [3.05, 3.63) is 34.4 Å². The Hall–Kier alpha value is -0.820. The van der Waals surface area contributed by atoms with Crippen LogP contribution in [-0.4, -0.2) is 0 Å². The fourth-order valence-corrected chi connectivity index (χ4v) is 2.72.